The second-order valence-electron chi connectivity index (χ2n) is 3.05. The summed E-state index contributed by atoms with van der Waals surface area (Å²) in [5, 5.41) is 15.1. The fraction of sp³-hybridized carbons (Fsp3) is 0.200. The zero-order valence-corrected chi connectivity index (χ0v) is 13.3. The molecule has 0 saturated heterocycles. The average Bonchev–Trinajstić information content (AvgIpc) is 2.44. The Kier molecular flexibility index (Phi) is 7.01. The maximum atomic E-state index is 5.54. The van der Waals surface area contributed by atoms with Crippen LogP contribution >= 0.6 is 46.4 Å². The second-order valence-corrected chi connectivity index (χ2v) is 4.59. The van der Waals surface area contributed by atoms with Crippen LogP contribution in [0.5, 0.6) is 11.6 Å². The van der Waals surface area contributed by atoms with Gasteiger partial charge in [0.15, 0.2) is 21.2 Å². The van der Waals surface area contributed by atoms with Gasteiger partial charge in [0.25, 0.3) is 5.88 Å². The molecular formula is C10H8Cl4N4O2. The van der Waals surface area contributed by atoms with Crippen LogP contribution in [0.4, 0.5) is 0 Å². The van der Waals surface area contributed by atoms with Crippen LogP contribution in [-0.2, 0) is 0 Å². The van der Waals surface area contributed by atoms with Crippen molar-refractivity contribution >= 4 is 46.4 Å². The molecule has 0 aliphatic rings. The molecular weight excluding hydrogens is 350 g/mol. The molecule has 2 aromatic rings. The van der Waals surface area contributed by atoms with Crippen molar-refractivity contribution in [2.45, 2.75) is 0 Å². The van der Waals surface area contributed by atoms with Crippen molar-refractivity contribution in [1.82, 2.24) is 20.4 Å². The summed E-state index contributed by atoms with van der Waals surface area (Å²) >= 11 is 21.9. The summed E-state index contributed by atoms with van der Waals surface area (Å²) in [6.45, 7) is 0. The molecule has 6 nitrogen and oxygen atoms in total. The Morgan fingerprint density at radius 3 is 1.90 bits per heavy atom. The highest BCUT2D eigenvalue weighted by molar-refractivity contribution is 6.42. The van der Waals surface area contributed by atoms with E-state index in [1.54, 1.807) is 0 Å². The van der Waals surface area contributed by atoms with Crippen LogP contribution in [0.2, 0.25) is 20.5 Å². The highest BCUT2D eigenvalue weighted by Crippen LogP contribution is 2.24. The molecule has 0 atom stereocenters. The number of ether oxygens (including phenoxy) is 2. The summed E-state index contributed by atoms with van der Waals surface area (Å²) in [5.74, 6) is 0.810. The van der Waals surface area contributed by atoms with E-state index < -0.39 is 0 Å². The van der Waals surface area contributed by atoms with Crippen molar-refractivity contribution in [3.05, 3.63) is 32.6 Å². The number of hydrogen-bond donors (Lipinski definition) is 0. The number of nitrogens with zero attached hydrogens (tertiary/aromatic N) is 4. The van der Waals surface area contributed by atoms with Crippen LogP contribution < -0.4 is 9.47 Å². The lowest BCUT2D eigenvalue weighted by molar-refractivity contribution is 0.338. The smallest absolute Gasteiger partial charge is 0.276 e. The van der Waals surface area contributed by atoms with Gasteiger partial charge in [-0.3, -0.25) is 0 Å². The number of aromatic nitrogens is 4. The van der Waals surface area contributed by atoms with Gasteiger partial charge in [0.1, 0.15) is 0 Å². The predicted octanol–water partition coefficient (Wildman–Crippen LogP) is 3.58. The Labute approximate surface area is 134 Å². The van der Waals surface area contributed by atoms with E-state index in [9.17, 15) is 0 Å². The van der Waals surface area contributed by atoms with Gasteiger partial charge in [0.2, 0.25) is 0 Å². The summed E-state index contributed by atoms with van der Waals surface area (Å²) in [5.41, 5.74) is 0. The summed E-state index contributed by atoms with van der Waals surface area (Å²) in [4.78, 5) is 0. The molecule has 108 valence electrons. The van der Waals surface area contributed by atoms with Gasteiger partial charge in [-0.2, -0.15) is 0 Å². The quantitative estimate of drug-likeness (QED) is 0.817. The van der Waals surface area contributed by atoms with E-state index in [4.69, 9.17) is 55.9 Å². The van der Waals surface area contributed by atoms with E-state index in [1.165, 1.54) is 26.4 Å². The van der Waals surface area contributed by atoms with Crippen LogP contribution in [0.3, 0.4) is 0 Å². The third-order valence-corrected chi connectivity index (χ3v) is 2.82. The summed E-state index contributed by atoms with van der Waals surface area (Å²) < 4.78 is 9.74. The first kappa shape index (κ1) is 17.0. The lowest BCUT2D eigenvalue weighted by atomic mass is 10.5. The molecule has 10 heteroatoms. The average molecular weight is 358 g/mol. The topological polar surface area (TPSA) is 70.0 Å². The molecule has 0 fully saturated rings. The van der Waals surface area contributed by atoms with Crippen molar-refractivity contribution in [2.24, 2.45) is 0 Å². The van der Waals surface area contributed by atoms with Crippen molar-refractivity contribution in [1.29, 1.82) is 0 Å². The van der Waals surface area contributed by atoms with Gasteiger partial charge >= 0.3 is 0 Å². The van der Waals surface area contributed by atoms with Gasteiger partial charge in [0.05, 0.1) is 19.2 Å². The number of methoxy groups -OCH3 is 2. The van der Waals surface area contributed by atoms with E-state index in [2.05, 4.69) is 20.4 Å². The van der Waals surface area contributed by atoms with Crippen LogP contribution in [0.1, 0.15) is 0 Å². The largest absolute Gasteiger partial charge is 0.491 e. The zero-order chi connectivity index (χ0) is 15.1. The first-order valence-electron chi connectivity index (χ1n) is 4.93. The Hall–Kier alpha value is -1.08. The van der Waals surface area contributed by atoms with Crippen molar-refractivity contribution < 1.29 is 9.47 Å². The maximum Gasteiger partial charge on any atom is 0.276 e. The molecule has 0 amide bonds. The second kappa shape index (κ2) is 8.26. The Bertz CT molecular complexity index is 585. The molecule has 2 rings (SSSR count). The van der Waals surface area contributed by atoms with E-state index in [-0.39, 0.29) is 15.5 Å². The van der Waals surface area contributed by atoms with Gasteiger partial charge in [-0.05, 0) is 6.07 Å². The molecule has 20 heavy (non-hydrogen) atoms. The van der Waals surface area contributed by atoms with Crippen LogP contribution in [0.25, 0.3) is 0 Å². The summed E-state index contributed by atoms with van der Waals surface area (Å²) in [6.07, 6.45) is 0. The zero-order valence-electron chi connectivity index (χ0n) is 10.3. The molecule has 0 saturated carbocycles. The number of halogens is 4. The molecule has 0 aliphatic carbocycles. The van der Waals surface area contributed by atoms with Gasteiger partial charge in [-0.25, -0.2) is 0 Å². The first-order valence-corrected chi connectivity index (χ1v) is 6.44. The predicted molar refractivity (Wildman–Crippen MR) is 77.2 cm³/mol. The summed E-state index contributed by atoms with van der Waals surface area (Å²) in [7, 11) is 3.00. The minimum atomic E-state index is 0.168. The molecule has 2 aromatic heterocycles. The highest BCUT2D eigenvalue weighted by atomic mass is 35.5. The minimum absolute atomic E-state index is 0.168. The van der Waals surface area contributed by atoms with Crippen molar-refractivity contribution in [3.63, 3.8) is 0 Å². The van der Waals surface area contributed by atoms with Crippen LogP contribution in [0.15, 0.2) is 12.1 Å². The molecule has 0 N–H and O–H groups in total. The van der Waals surface area contributed by atoms with E-state index >= 15 is 0 Å². The molecule has 0 aliphatic heterocycles. The first-order chi connectivity index (χ1) is 9.47. The third-order valence-electron chi connectivity index (χ3n) is 1.79. The number of hydrogen-bond acceptors (Lipinski definition) is 6. The Morgan fingerprint density at radius 2 is 1.40 bits per heavy atom. The fourth-order valence-corrected chi connectivity index (χ4v) is 1.53. The summed E-state index contributed by atoms with van der Waals surface area (Å²) in [6, 6.07) is 2.96. The van der Waals surface area contributed by atoms with Crippen molar-refractivity contribution in [3.8, 4) is 11.6 Å². The molecule has 0 bridgehead atoms. The third kappa shape index (κ3) is 5.13. The van der Waals surface area contributed by atoms with Gasteiger partial charge in [0, 0.05) is 6.07 Å². The SMILES string of the molecule is COc1cc(Cl)nnc1OC.Clc1cc(Cl)c(Cl)nn1. The van der Waals surface area contributed by atoms with E-state index in [0.29, 0.717) is 16.7 Å². The Balaban J connectivity index is 0.000000204. The van der Waals surface area contributed by atoms with E-state index in [0.717, 1.165) is 0 Å². The Morgan fingerprint density at radius 1 is 0.800 bits per heavy atom. The highest BCUT2D eigenvalue weighted by Gasteiger charge is 2.05. The lowest BCUT2D eigenvalue weighted by Crippen LogP contribution is -1.95. The lowest BCUT2D eigenvalue weighted by Gasteiger charge is -2.03. The van der Waals surface area contributed by atoms with E-state index in [1.807, 2.05) is 0 Å². The standard InChI is InChI=1S/C6H7ClN2O2.C4HCl3N2/c1-10-4-3-5(7)8-9-6(4)11-2;5-2-1-3(6)8-9-4(2)7/h3H,1-2H3;1H. The van der Waals surface area contributed by atoms with Crippen molar-refractivity contribution in [2.75, 3.05) is 14.2 Å². The maximum absolute atomic E-state index is 5.54. The molecule has 2 heterocycles. The molecule has 0 aromatic carbocycles. The minimum Gasteiger partial charge on any atom is -0.491 e. The molecule has 0 radical (unpaired) electrons. The van der Waals surface area contributed by atoms with Gasteiger partial charge in [-0.1, -0.05) is 46.4 Å². The molecule has 0 unspecified atom stereocenters. The van der Waals surface area contributed by atoms with Gasteiger partial charge < -0.3 is 9.47 Å². The monoisotopic (exact) mass is 356 g/mol. The fourth-order valence-electron chi connectivity index (χ4n) is 0.961. The van der Waals surface area contributed by atoms with Crippen LogP contribution in [0, 0.1) is 0 Å². The normalized spacial score (nSPS) is 9.50. The molecule has 0 spiro atoms. The van der Waals surface area contributed by atoms with Crippen LogP contribution in [-0.4, -0.2) is 34.6 Å². The van der Waals surface area contributed by atoms with Gasteiger partial charge in [-0.15, -0.1) is 20.4 Å². The number of rotatable bonds is 2.